The summed E-state index contributed by atoms with van der Waals surface area (Å²) in [5.74, 6) is 0.503. The molecule has 0 N–H and O–H groups in total. The number of anilines is 1. The second-order valence-electron chi connectivity index (χ2n) is 7.12. The molecule has 32 heavy (non-hydrogen) atoms. The van der Waals surface area contributed by atoms with Gasteiger partial charge in [-0.25, -0.2) is 4.90 Å². The molecule has 0 unspecified atom stereocenters. The molecule has 3 aromatic rings. The highest BCUT2D eigenvalue weighted by atomic mass is 79.9. The smallest absolute Gasteiger partial charge is 0.263 e. The highest BCUT2D eigenvalue weighted by Gasteiger charge is 2.55. The van der Waals surface area contributed by atoms with Gasteiger partial charge < -0.3 is 9.26 Å². The van der Waals surface area contributed by atoms with Gasteiger partial charge in [-0.2, -0.15) is 10.1 Å². The Bertz CT molecular complexity index is 1210. The zero-order chi connectivity index (χ0) is 22.2. The van der Waals surface area contributed by atoms with Gasteiger partial charge in [0.05, 0.1) is 12.3 Å². The highest BCUT2D eigenvalue weighted by Crippen LogP contribution is 2.33. The first-order chi connectivity index (χ1) is 15.6. The van der Waals surface area contributed by atoms with Crippen LogP contribution in [-0.4, -0.2) is 45.7 Å². The molecule has 0 aliphatic carbocycles. The van der Waals surface area contributed by atoms with E-state index in [4.69, 9.17) is 9.26 Å². The largest absolute Gasteiger partial charge is 0.494 e. The summed E-state index contributed by atoms with van der Waals surface area (Å²) < 4.78 is 11.6. The lowest BCUT2D eigenvalue weighted by Crippen LogP contribution is -2.39. The van der Waals surface area contributed by atoms with Crippen molar-refractivity contribution in [3.63, 3.8) is 0 Å². The third-order valence-electron chi connectivity index (χ3n) is 5.14. The molecule has 0 saturated carbocycles. The third-order valence-corrected chi connectivity index (χ3v) is 5.84. The minimum absolute atomic E-state index is 0.0538. The van der Waals surface area contributed by atoms with Crippen LogP contribution in [0, 0.1) is 0 Å². The SMILES string of the molecule is CCOc1ccc(N2C(=O)[C@H]3N=NN(Cc4nc(-c5ccccc5Br)no4)[C@@H]3C2=O)cc1. The van der Waals surface area contributed by atoms with Gasteiger partial charge in [0, 0.05) is 10.0 Å². The Morgan fingerprint density at radius 2 is 1.88 bits per heavy atom. The molecule has 1 saturated heterocycles. The van der Waals surface area contributed by atoms with Crippen LogP contribution in [0.15, 0.2) is 67.9 Å². The van der Waals surface area contributed by atoms with Crippen molar-refractivity contribution in [2.45, 2.75) is 25.6 Å². The van der Waals surface area contributed by atoms with E-state index in [0.717, 1.165) is 14.9 Å². The monoisotopic (exact) mass is 496 g/mol. The standard InChI is InChI=1S/C21H17BrN6O4/c1-2-31-13-9-7-12(8-10-13)28-20(29)17-18(21(28)30)27(26-24-17)11-16-23-19(25-32-16)14-5-3-4-6-15(14)22/h3-10,17-18H,2,11H2,1H3/t17-,18-/m0/s1. The molecule has 2 atom stereocenters. The number of fused-ring (bicyclic) bond motifs is 1. The maximum atomic E-state index is 13.1. The van der Waals surface area contributed by atoms with Crippen molar-refractivity contribution >= 4 is 33.4 Å². The predicted octanol–water partition coefficient (Wildman–Crippen LogP) is 3.39. The van der Waals surface area contributed by atoms with Gasteiger partial charge in [0.1, 0.15) is 12.3 Å². The zero-order valence-corrected chi connectivity index (χ0v) is 18.5. The summed E-state index contributed by atoms with van der Waals surface area (Å²) in [4.78, 5) is 31.5. The van der Waals surface area contributed by atoms with E-state index in [-0.39, 0.29) is 12.4 Å². The molecule has 1 fully saturated rings. The zero-order valence-electron chi connectivity index (χ0n) is 16.9. The Hall–Kier alpha value is -3.60. The van der Waals surface area contributed by atoms with Gasteiger partial charge in [-0.1, -0.05) is 38.4 Å². The molecule has 3 heterocycles. The van der Waals surface area contributed by atoms with E-state index in [1.54, 1.807) is 24.3 Å². The molecule has 0 bridgehead atoms. The second kappa shape index (κ2) is 8.15. The maximum Gasteiger partial charge on any atom is 0.263 e. The van der Waals surface area contributed by atoms with Crippen molar-refractivity contribution in [3.8, 4) is 17.1 Å². The van der Waals surface area contributed by atoms with Gasteiger partial charge in [-0.05, 0) is 43.3 Å². The van der Waals surface area contributed by atoms with Crippen LogP contribution in [-0.2, 0) is 16.1 Å². The fourth-order valence-electron chi connectivity index (χ4n) is 3.68. The summed E-state index contributed by atoms with van der Waals surface area (Å²) in [6.07, 6.45) is 0. The average Bonchev–Trinajstić information content (AvgIpc) is 3.48. The molecular weight excluding hydrogens is 480 g/mol. The fourth-order valence-corrected chi connectivity index (χ4v) is 4.14. The molecule has 1 aromatic heterocycles. The average molecular weight is 497 g/mol. The number of carbonyl (C=O) groups is 2. The van der Waals surface area contributed by atoms with Crippen LogP contribution in [0.2, 0.25) is 0 Å². The number of amides is 2. The van der Waals surface area contributed by atoms with Crippen LogP contribution in [0.25, 0.3) is 11.4 Å². The molecular formula is C21H17BrN6O4. The Kier molecular flexibility index (Phi) is 5.17. The predicted molar refractivity (Wildman–Crippen MR) is 116 cm³/mol. The van der Waals surface area contributed by atoms with Gasteiger partial charge >= 0.3 is 0 Å². The number of hydrogen-bond acceptors (Lipinski definition) is 9. The Morgan fingerprint density at radius 3 is 2.62 bits per heavy atom. The molecule has 5 rings (SSSR count). The maximum absolute atomic E-state index is 13.1. The summed E-state index contributed by atoms with van der Waals surface area (Å²) in [5.41, 5.74) is 1.24. The first-order valence-electron chi connectivity index (χ1n) is 9.92. The Morgan fingerprint density at radius 1 is 1.09 bits per heavy atom. The lowest BCUT2D eigenvalue weighted by atomic mass is 10.1. The Balaban J connectivity index is 1.34. The van der Waals surface area contributed by atoms with E-state index in [2.05, 4.69) is 36.4 Å². The summed E-state index contributed by atoms with van der Waals surface area (Å²) in [7, 11) is 0. The van der Waals surface area contributed by atoms with Gasteiger partial charge in [-0.3, -0.25) is 14.6 Å². The molecule has 2 aliphatic heterocycles. The lowest BCUT2D eigenvalue weighted by Gasteiger charge is -2.19. The number of carbonyl (C=O) groups excluding carboxylic acids is 2. The number of imide groups is 1. The van der Waals surface area contributed by atoms with Crippen molar-refractivity contribution in [1.82, 2.24) is 15.1 Å². The van der Waals surface area contributed by atoms with Crippen molar-refractivity contribution in [2.24, 2.45) is 10.3 Å². The van der Waals surface area contributed by atoms with Crippen LogP contribution < -0.4 is 9.64 Å². The molecule has 0 radical (unpaired) electrons. The molecule has 162 valence electrons. The topological polar surface area (TPSA) is 113 Å². The minimum Gasteiger partial charge on any atom is -0.494 e. The van der Waals surface area contributed by atoms with Gasteiger partial charge in [0.15, 0.2) is 12.1 Å². The van der Waals surface area contributed by atoms with Gasteiger partial charge in [0.25, 0.3) is 11.8 Å². The quantitative estimate of drug-likeness (QED) is 0.480. The number of halogens is 1. The van der Waals surface area contributed by atoms with E-state index in [0.29, 0.717) is 23.9 Å². The van der Waals surface area contributed by atoms with Crippen molar-refractivity contribution in [2.75, 3.05) is 11.5 Å². The fraction of sp³-hybridized carbons (Fsp3) is 0.238. The number of aromatic nitrogens is 2. The molecule has 2 amide bonds. The number of benzene rings is 2. The van der Waals surface area contributed by atoms with Crippen molar-refractivity contribution < 1.29 is 18.8 Å². The van der Waals surface area contributed by atoms with Gasteiger partial charge in [0.2, 0.25) is 11.7 Å². The van der Waals surface area contributed by atoms with Crippen LogP contribution in [0.4, 0.5) is 5.69 Å². The normalized spacial score (nSPS) is 19.7. The van der Waals surface area contributed by atoms with E-state index in [1.165, 1.54) is 5.01 Å². The number of nitrogens with zero attached hydrogens (tertiary/aromatic N) is 6. The van der Waals surface area contributed by atoms with Crippen LogP contribution in [0.5, 0.6) is 5.75 Å². The lowest BCUT2D eigenvalue weighted by molar-refractivity contribution is -0.123. The summed E-state index contributed by atoms with van der Waals surface area (Å²) >= 11 is 3.46. The second-order valence-corrected chi connectivity index (χ2v) is 7.98. The van der Waals surface area contributed by atoms with Crippen LogP contribution in [0.1, 0.15) is 12.8 Å². The molecule has 11 heteroatoms. The number of ether oxygens (including phenoxy) is 1. The first kappa shape index (κ1) is 20.3. The van der Waals surface area contributed by atoms with E-state index < -0.39 is 23.9 Å². The first-order valence-corrected chi connectivity index (χ1v) is 10.7. The molecule has 0 spiro atoms. The summed E-state index contributed by atoms with van der Waals surface area (Å²) in [6.45, 7) is 2.46. The Labute approximate surface area is 191 Å². The van der Waals surface area contributed by atoms with Gasteiger partial charge in [-0.15, -0.1) is 0 Å². The van der Waals surface area contributed by atoms with Crippen LogP contribution >= 0.6 is 15.9 Å². The van der Waals surface area contributed by atoms with Crippen molar-refractivity contribution in [1.29, 1.82) is 0 Å². The highest BCUT2D eigenvalue weighted by molar-refractivity contribution is 9.10. The van der Waals surface area contributed by atoms with Crippen molar-refractivity contribution in [3.05, 3.63) is 58.9 Å². The summed E-state index contributed by atoms with van der Waals surface area (Å²) in [5, 5.41) is 13.5. The van der Waals surface area contributed by atoms with E-state index >= 15 is 0 Å². The third kappa shape index (κ3) is 3.44. The van der Waals surface area contributed by atoms with Crippen LogP contribution in [0.3, 0.4) is 0 Å². The number of hydrogen-bond donors (Lipinski definition) is 0. The summed E-state index contributed by atoms with van der Waals surface area (Å²) in [6, 6.07) is 12.5. The number of rotatable bonds is 6. The molecule has 10 nitrogen and oxygen atoms in total. The molecule has 2 aromatic carbocycles. The van der Waals surface area contributed by atoms with E-state index in [9.17, 15) is 9.59 Å². The molecule has 2 aliphatic rings. The minimum atomic E-state index is -0.903. The van der Waals surface area contributed by atoms with E-state index in [1.807, 2.05) is 31.2 Å².